The molecule has 0 aromatic carbocycles. The van der Waals surface area contributed by atoms with Crippen LogP contribution in [0.3, 0.4) is 0 Å². The summed E-state index contributed by atoms with van der Waals surface area (Å²) >= 11 is 0. The molecule has 0 aromatic rings. The summed E-state index contributed by atoms with van der Waals surface area (Å²) in [6, 6.07) is 0.625. The molecule has 0 radical (unpaired) electrons. The molecule has 2 heteroatoms. The second kappa shape index (κ2) is 3.82. The van der Waals surface area contributed by atoms with Crippen LogP contribution in [0, 0.1) is 5.41 Å². The minimum Gasteiger partial charge on any atom is -0.372 e. The smallest absolute Gasteiger partial charge is 0.0663 e. The quantitative estimate of drug-likeness (QED) is 0.754. The zero-order valence-electron chi connectivity index (χ0n) is 10.5. The summed E-state index contributed by atoms with van der Waals surface area (Å²) in [4.78, 5) is 0. The van der Waals surface area contributed by atoms with Gasteiger partial charge in [0.15, 0.2) is 0 Å². The molecule has 0 heterocycles. The van der Waals surface area contributed by atoms with Crippen molar-refractivity contribution < 1.29 is 4.74 Å². The molecular formula is C12H25NO. The zero-order valence-corrected chi connectivity index (χ0v) is 10.5. The molecule has 1 fully saturated rings. The second-order valence-corrected chi connectivity index (χ2v) is 5.89. The second-order valence-electron chi connectivity index (χ2n) is 5.89. The average Bonchev–Trinajstić information content (AvgIpc) is 2.01. The highest BCUT2D eigenvalue weighted by atomic mass is 16.5. The van der Waals surface area contributed by atoms with Gasteiger partial charge in [0.05, 0.1) is 11.7 Å². The monoisotopic (exact) mass is 199 g/mol. The van der Waals surface area contributed by atoms with Gasteiger partial charge in [-0.3, -0.25) is 0 Å². The van der Waals surface area contributed by atoms with Gasteiger partial charge in [-0.25, -0.2) is 0 Å². The SMILES string of the molecule is CCN[C@H]1C[C@H](OC(C)(C)C)C1(C)C. The lowest BCUT2D eigenvalue weighted by molar-refractivity contribution is -0.172. The fourth-order valence-electron chi connectivity index (χ4n) is 2.11. The molecule has 14 heavy (non-hydrogen) atoms. The predicted molar refractivity (Wildman–Crippen MR) is 60.5 cm³/mol. The van der Waals surface area contributed by atoms with E-state index in [0.717, 1.165) is 13.0 Å². The van der Waals surface area contributed by atoms with Gasteiger partial charge in [-0.1, -0.05) is 20.8 Å². The minimum absolute atomic E-state index is 0.0148. The Balaban J connectivity index is 2.46. The molecule has 1 rings (SSSR count). The molecule has 0 amide bonds. The van der Waals surface area contributed by atoms with Crippen LogP contribution < -0.4 is 5.32 Å². The van der Waals surface area contributed by atoms with Crippen molar-refractivity contribution in [2.24, 2.45) is 5.41 Å². The molecule has 0 unspecified atom stereocenters. The van der Waals surface area contributed by atoms with Crippen molar-refractivity contribution in [3.63, 3.8) is 0 Å². The number of hydrogen-bond acceptors (Lipinski definition) is 2. The van der Waals surface area contributed by atoms with Crippen molar-refractivity contribution in [2.75, 3.05) is 6.54 Å². The van der Waals surface area contributed by atoms with Crippen molar-refractivity contribution in [2.45, 2.75) is 65.7 Å². The molecule has 2 atom stereocenters. The molecule has 1 N–H and O–H groups in total. The van der Waals surface area contributed by atoms with Gasteiger partial charge >= 0.3 is 0 Å². The summed E-state index contributed by atoms with van der Waals surface area (Å²) in [5.41, 5.74) is 0.266. The molecule has 84 valence electrons. The third-order valence-corrected chi connectivity index (χ3v) is 3.12. The predicted octanol–water partition coefficient (Wildman–Crippen LogP) is 2.58. The summed E-state index contributed by atoms with van der Waals surface area (Å²) in [6.07, 6.45) is 1.56. The Labute approximate surface area is 88.4 Å². The van der Waals surface area contributed by atoms with Gasteiger partial charge in [-0.2, -0.15) is 0 Å². The van der Waals surface area contributed by atoms with E-state index in [1.165, 1.54) is 0 Å². The van der Waals surface area contributed by atoms with Gasteiger partial charge in [0.2, 0.25) is 0 Å². The standard InChI is InChI=1S/C12H25NO/c1-7-13-9-8-10(12(9,5)6)14-11(2,3)4/h9-10,13H,7-8H2,1-6H3/t9-,10-/m0/s1. The van der Waals surface area contributed by atoms with E-state index in [2.05, 4.69) is 46.9 Å². The zero-order chi connectivity index (χ0) is 11.0. The largest absolute Gasteiger partial charge is 0.372 e. The van der Waals surface area contributed by atoms with Crippen LogP contribution >= 0.6 is 0 Å². The summed E-state index contributed by atoms with van der Waals surface area (Å²) in [5.74, 6) is 0. The average molecular weight is 199 g/mol. The van der Waals surface area contributed by atoms with Crippen LogP contribution in [-0.2, 0) is 4.74 Å². The normalized spacial score (nSPS) is 31.3. The van der Waals surface area contributed by atoms with E-state index in [1.54, 1.807) is 0 Å². The number of nitrogens with one attached hydrogen (secondary N) is 1. The van der Waals surface area contributed by atoms with Crippen LogP contribution in [0.5, 0.6) is 0 Å². The molecule has 1 saturated carbocycles. The highest BCUT2D eigenvalue weighted by Gasteiger charge is 2.49. The number of rotatable bonds is 3. The maximum Gasteiger partial charge on any atom is 0.0663 e. The molecule has 0 saturated heterocycles. The molecule has 0 aliphatic heterocycles. The summed E-state index contributed by atoms with van der Waals surface area (Å²) in [6.45, 7) is 14.2. The molecular weight excluding hydrogens is 174 g/mol. The van der Waals surface area contributed by atoms with E-state index in [1.807, 2.05) is 0 Å². The molecule has 0 spiro atoms. The fourth-order valence-corrected chi connectivity index (χ4v) is 2.11. The maximum absolute atomic E-state index is 6.03. The first kappa shape index (κ1) is 12.0. The Bertz CT molecular complexity index is 193. The van der Waals surface area contributed by atoms with E-state index >= 15 is 0 Å². The van der Waals surface area contributed by atoms with Gasteiger partial charge in [-0.15, -0.1) is 0 Å². The lowest BCUT2D eigenvalue weighted by Gasteiger charge is -2.53. The van der Waals surface area contributed by atoms with Gasteiger partial charge < -0.3 is 10.1 Å². The van der Waals surface area contributed by atoms with E-state index in [9.17, 15) is 0 Å². The first-order valence-electron chi connectivity index (χ1n) is 5.68. The maximum atomic E-state index is 6.03. The minimum atomic E-state index is -0.0148. The Hall–Kier alpha value is -0.0800. The van der Waals surface area contributed by atoms with Crippen molar-refractivity contribution >= 4 is 0 Å². The van der Waals surface area contributed by atoms with Gasteiger partial charge in [0.1, 0.15) is 0 Å². The third kappa shape index (κ3) is 2.48. The van der Waals surface area contributed by atoms with Crippen molar-refractivity contribution in [3.8, 4) is 0 Å². The number of hydrogen-bond donors (Lipinski definition) is 1. The Morgan fingerprint density at radius 3 is 2.29 bits per heavy atom. The molecule has 2 nitrogen and oxygen atoms in total. The molecule has 0 aromatic heterocycles. The van der Waals surface area contributed by atoms with E-state index < -0.39 is 0 Å². The summed E-state index contributed by atoms with van der Waals surface area (Å²) < 4.78 is 6.03. The van der Waals surface area contributed by atoms with Crippen LogP contribution in [0.2, 0.25) is 0 Å². The highest BCUT2D eigenvalue weighted by Crippen LogP contribution is 2.44. The van der Waals surface area contributed by atoms with Crippen molar-refractivity contribution in [1.29, 1.82) is 0 Å². The van der Waals surface area contributed by atoms with Crippen LogP contribution in [-0.4, -0.2) is 24.3 Å². The molecule has 0 bridgehead atoms. The van der Waals surface area contributed by atoms with E-state index in [-0.39, 0.29) is 11.0 Å². The van der Waals surface area contributed by atoms with Crippen LogP contribution in [0.25, 0.3) is 0 Å². The highest BCUT2D eigenvalue weighted by molar-refractivity contribution is 5.03. The van der Waals surface area contributed by atoms with Gasteiger partial charge in [-0.05, 0) is 33.7 Å². The topological polar surface area (TPSA) is 21.3 Å². The van der Waals surface area contributed by atoms with Gasteiger partial charge in [0, 0.05) is 11.5 Å². The lowest BCUT2D eigenvalue weighted by atomic mass is 9.64. The Morgan fingerprint density at radius 1 is 1.36 bits per heavy atom. The molecule has 1 aliphatic rings. The van der Waals surface area contributed by atoms with Crippen LogP contribution in [0.4, 0.5) is 0 Å². The first-order chi connectivity index (χ1) is 6.27. The van der Waals surface area contributed by atoms with E-state index in [4.69, 9.17) is 4.74 Å². The summed E-state index contributed by atoms with van der Waals surface area (Å²) in [5, 5.41) is 3.51. The van der Waals surface area contributed by atoms with Gasteiger partial charge in [0.25, 0.3) is 0 Å². The third-order valence-electron chi connectivity index (χ3n) is 3.12. The number of ether oxygens (including phenoxy) is 1. The summed E-state index contributed by atoms with van der Waals surface area (Å²) in [7, 11) is 0. The Morgan fingerprint density at radius 2 is 1.93 bits per heavy atom. The van der Waals surface area contributed by atoms with E-state index in [0.29, 0.717) is 12.1 Å². The van der Waals surface area contributed by atoms with Crippen LogP contribution in [0.1, 0.15) is 48.0 Å². The van der Waals surface area contributed by atoms with Crippen molar-refractivity contribution in [1.82, 2.24) is 5.32 Å². The van der Waals surface area contributed by atoms with Crippen molar-refractivity contribution in [3.05, 3.63) is 0 Å². The Kier molecular flexibility index (Phi) is 3.27. The lowest BCUT2D eigenvalue weighted by Crippen LogP contribution is -2.62. The fraction of sp³-hybridized carbons (Fsp3) is 1.00. The first-order valence-corrected chi connectivity index (χ1v) is 5.68. The molecule has 1 aliphatic carbocycles. The van der Waals surface area contributed by atoms with Crippen LogP contribution in [0.15, 0.2) is 0 Å².